The number of halogens is 1. The summed E-state index contributed by atoms with van der Waals surface area (Å²) in [5.41, 5.74) is 0.885. The van der Waals surface area contributed by atoms with E-state index in [-0.39, 0.29) is 23.7 Å². The highest BCUT2D eigenvalue weighted by Crippen LogP contribution is 2.50. The quantitative estimate of drug-likeness (QED) is 0.565. The average Bonchev–Trinajstić information content (AvgIpc) is 3.34. The van der Waals surface area contributed by atoms with Crippen molar-refractivity contribution >= 4 is 11.8 Å². The fourth-order valence-electron chi connectivity index (χ4n) is 5.03. The van der Waals surface area contributed by atoms with Crippen LogP contribution in [0.4, 0.5) is 4.39 Å². The standard InChI is InChI=1S/C27H25FN2O4/c1-17(2)34-20-11-8-18(9-12-20)25(31)29-14-15-30-26(32)21-6-4-5-7-22(21)27(29,30)19-10-13-24(33-3)23(28)16-19/h4-13,16-17H,14-15H2,1-3H3. The third-order valence-electron chi connectivity index (χ3n) is 6.38. The van der Waals surface area contributed by atoms with Crippen LogP contribution in [0, 0.1) is 5.82 Å². The zero-order valence-electron chi connectivity index (χ0n) is 19.2. The van der Waals surface area contributed by atoms with Crippen LogP contribution in [0.2, 0.25) is 0 Å². The number of carbonyl (C=O) groups excluding carboxylic acids is 2. The van der Waals surface area contributed by atoms with Gasteiger partial charge in [-0.2, -0.15) is 0 Å². The second kappa shape index (κ2) is 8.17. The zero-order chi connectivity index (χ0) is 24.0. The molecular formula is C27H25FN2O4. The van der Waals surface area contributed by atoms with Crippen LogP contribution in [0.1, 0.15) is 45.7 Å². The molecule has 3 aromatic carbocycles. The van der Waals surface area contributed by atoms with Gasteiger partial charge in [0.2, 0.25) is 0 Å². The molecule has 1 saturated heterocycles. The van der Waals surface area contributed by atoms with E-state index in [1.165, 1.54) is 19.2 Å². The van der Waals surface area contributed by atoms with Gasteiger partial charge in [0.1, 0.15) is 5.75 Å². The number of hydrogen-bond donors (Lipinski definition) is 0. The highest BCUT2D eigenvalue weighted by molar-refractivity contribution is 6.03. The maximum absolute atomic E-state index is 14.9. The third-order valence-corrected chi connectivity index (χ3v) is 6.38. The number of rotatable bonds is 5. The molecule has 7 heteroatoms. The number of fused-ring (bicyclic) bond motifs is 3. The SMILES string of the molecule is COc1ccc(C23c4ccccc4C(=O)N2CCN3C(=O)c2ccc(OC(C)C)cc2)cc1F. The molecular weight excluding hydrogens is 435 g/mol. The number of ether oxygens (including phenoxy) is 2. The van der Waals surface area contributed by atoms with Crippen molar-refractivity contribution in [2.45, 2.75) is 25.6 Å². The lowest BCUT2D eigenvalue weighted by Crippen LogP contribution is -2.51. The molecule has 2 heterocycles. The summed E-state index contributed by atoms with van der Waals surface area (Å²) < 4.78 is 25.7. The Morgan fingerprint density at radius 1 is 1.03 bits per heavy atom. The Bertz CT molecular complexity index is 1270. The fourth-order valence-corrected chi connectivity index (χ4v) is 5.03. The Labute approximate surface area is 197 Å². The molecule has 0 spiro atoms. The van der Waals surface area contributed by atoms with Crippen LogP contribution in [0.3, 0.4) is 0 Å². The summed E-state index contributed by atoms with van der Waals surface area (Å²) in [4.78, 5) is 30.5. The second-order valence-corrected chi connectivity index (χ2v) is 8.67. The highest BCUT2D eigenvalue weighted by atomic mass is 19.1. The number of amides is 2. The van der Waals surface area contributed by atoms with E-state index in [2.05, 4.69) is 0 Å². The molecule has 0 bridgehead atoms. The van der Waals surface area contributed by atoms with E-state index >= 15 is 0 Å². The molecule has 0 saturated carbocycles. The predicted octanol–water partition coefficient (Wildman–Crippen LogP) is 4.43. The van der Waals surface area contributed by atoms with E-state index in [4.69, 9.17) is 9.47 Å². The third kappa shape index (κ3) is 3.15. The van der Waals surface area contributed by atoms with Gasteiger partial charge in [0, 0.05) is 35.3 Å². The normalized spacial score (nSPS) is 18.8. The Kier molecular flexibility index (Phi) is 5.27. The zero-order valence-corrected chi connectivity index (χ0v) is 19.2. The van der Waals surface area contributed by atoms with Crippen molar-refractivity contribution in [1.29, 1.82) is 0 Å². The molecule has 2 amide bonds. The molecule has 1 fully saturated rings. The fraction of sp³-hybridized carbons (Fsp3) is 0.259. The van der Waals surface area contributed by atoms with Crippen LogP contribution in [0.5, 0.6) is 11.5 Å². The summed E-state index contributed by atoms with van der Waals surface area (Å²) in [5.74, 6) is -0.216. The maximum atomic E-state index is 14.9. The van der Waals surface area contributed by atoms with Gasteiger partial charge in [-0.25, -0.2) is 4.39 Å². The summed E-state index contributed by atoms with van der Waals surface area (Å²) in [6.07, 6.45) is 0.0166. The van der Waals surface area contributed by atoms with Crippen LogP contribution >= 0.6 is 0 Å². The van der Waals surface area contributed by atoms with Crippen LogP contribution < -0.4 is 9.47 Å². The molecule has 34 heavy (non-hydrogen) atoms. The van der Waals surface area contributed by atoms with E-state index in [1.54, 1.807) is 52.3 Å². The molecule has 0 radical (unpaired) electrons. The van der Waals surface area contributed by atoms with Gasteiger partial charge in [0.25, 0.3) is 11.8 Å². The minimum atomic E-state index is -1.25. The minimum Gasteiger partial charge on any atom is -0.494 e. The molecule has 3 aromatic rings. The van der Waals surface area contributed by atoms with Crippen molar-refractivity contribution in [1.82, 2.24) is 9.80 Å². The molecule has 0 N–H and O–H groups in total. The monoisotopic (exact) mass is 460 g/mol. The first-order valence-corrected chi connectivity index (χ1v) is 11.2. The number of hydrogen-bond acceptors (Lipinski definition) is 4. The largest absolute Gasteiger partial charge is 0.494 e. The van der Waals surface area contributed by atoms with Crippen molar-refractivity contribution < 1.29 is 23.5 Å². The first kappa shape index (κ1) is 21.9. The van der Waals surface area contributed by atoms with Crippen LogP contribution in [0.15, 0.2) is 66.7 Å². The van der Waals surface area contributed by atoms with Crippen molar-refractivity contribution in [3.05, 3.63) is 94.8 Å². The van der Waals surface area contributed by atoms with E-state index in [0.717, 1.165) is 0 Å². The van der Waals surface area contributed by atoms with Crippen molar-refractivity contribution in [3.63, 3.8) is 0 Å². The summed E-state index contributed by atoms with van der Waals surface area (Å²) in [6.45, 7) is 4.52. The van der Waals surface area contributed by atoms with Gasteiger partial charge in [-0.3, -0.25) is 9.59 Å². The van der Waals surface area contributed by atoms with Crippen molar-refractivity contribution in [3.8, 4) is 11.5 Å². The molecule has 5 rings (SSSR count). The predicted molar refractivity (Wildman–Crippen MR) is 124 cm³/mol. The van der Waals surface area contributed by atoms with Crippen LogP contribution in [0.25, 0.3) is 0 Å². The summed E-state index contributed by atoms with van der Waals surface area (Å²) in [6, 6.07) is 18.8. The van der Waals surface area contributed by atoms with Gasteiger partial charge in [0.05, 0.1) is 13.2 Å². The van der Waals surface area contributed by atoms with Gasteiger partial charge in [-0.05, 0) is 56.3 Å². The molecule has 2 aliphatic heterocycles. The first-order chi connectivity index (χ1) is 16.4. The smallest absolute Gasteiger partial charge is 0.256 e. The van der Waals surface area contributed by atoms with E-state index in [1.807, 2.05) is 26.0 Å². The summed E-state index contributed by atoms with van der Waals surface area (Å²) in [5, 5.41) is 0. The highest BCUT2D eigenvalue weighted by Gasteiger charge is 2.59. The lowest BCUT2D eigenvalue weighted by atomic mass is 9.89. The van der Waals surface area contributed by atoms with E-state index in [0.29, 0.717) is 41.1 Å². The first-order valence-electron chi connectivity index (χ1n) is 11.2. The molecule has 2 aliphatic rings. The molecule has 6 nitrogen and oxygen atoms in total. The molecule has 1 atom stereocenters. The maximum Gasteiger partial charge on any atom is 0.256 e. The topological polar surface area (TPSA) is 59.1 Å². The number of methoxy groups -OCH3 is 1. The summed E-state index contributed by atoms with van der Waals surface area (Å²) in [7, 11) is 1.40. The minimum absolute atomic E-state index is 0.0166. The average molecular weight is 461 g/mol. The van der Waals surface area contributed by atoms with Crippen molar-refractivity contribution in [2.24, 2.45) is 0 Å². The molecule has 0 aromatic heterocycles. The lowest BCUT2D eigenvalue weighted by Gasteiger charge is -2.40. The number of benzene rings is 3. The Hall–Kier alpha value is -3.87. The van der Waals surface area contributed by atoms with Gasteiger partial charge < -0.3 is 19.3 Å². The van der Waals surface area contributed by atoms with Crippen LogP contribution in [-0.2, 0) is 5.66 Å². The molecule has 1 unspecified atom stereocenters. The number of nitrogens with zero attached hydrogens (tertiary/aromatic N) is 2. The lowest BCUT2D eigenvalue weighted by molar-refractivity contribution is 0.0374. The van der Waals surface area contributed by atoms with Crippen molar-refractivity contribution in [2.75, 3.05) is 20.2 Å². The van der Waals surface area contributed by atoms with E-state index < -0.39 is 11.5 Å². The summed E-state index contributed by atoms with van der Waals surface area (Å²) >= 11 is 0. The van der Waals surface area contributed by atoms with Gasteiger partial charge in [-0.15, -0.1) is 0 Å². The van der Waals surface area contributed by atoms with Gasteiger partial charge in [-0.1, -0.05) is 24.3 Å². The van der Waals surface area contributed by atoms with Gasteiger partial charge in [0.15, 0.2) is 17.2 Å². The number of carbonyl (C=O) groups is 2. The Balaban J connectivity index is 1.65. The molecule has 174 valence electrons. The molecule has 0 aliphatic carbocycles. The second-order valence-electron chi connectivity index (χ2n) is 8.67. The Morgan fingerprint density at radius 3 is 2.44 bits per heavy atom. The van der Waals surface area contributed by atoms with Gasteiger partial charge >= 0.3 is 0 Å². The van der Waals surface area contributed by atoms with Crippen LogP contribution in [-0.4, -0.2) is 47.9 Å². The van der Waals surface area contributed by atoms with E-state index in [9.17, 15) is 14.0 Å². The Morgan fingerprint density at radius 2 is 1.76 bits per heavy atom.